The number of benzene rings is 1. The zero-order valence-electron chi connectivity index (χ0n) is 10.0. The zero-order chi connectivity index (χ0) is 14.1. The predicted molar refractivity (Wildman–Crippen MR) is 67.0 cm³/mol. The van der Waals surface area contributed by atoms with E-state index in [4.69, 9.17) is 16.9 Å². The first-order chi connectivity index (χ1) is 8.22. The summed E-state index contributed by atoms with van der Waals surface area (Å²) in [7, 11) is 1.25. The molecule has 8 nitrogen and oxygen atoms in total. The van der Waals surface area contributed by atoms with Crippen LogP contribution >= 0.6 is 0 Å². The maximum atomic E-state index is 11.5. The first-order valence-electron chi connectivity index (χ1n) is 4.98. The molecule has 0 spiro atoms. The first-order valence-corrected chi connectivity index (χ1v) is 4.98. The molecule has 0 aliphatic rings. The monoisotopic (exact) mass is 252 g/mol. The fourth-order valence-corrected chi connectivity index (χ4v) is 1.72. The van der Waals surface area contributed by atoms with Crippen molar-refractivity contribution in [1.29, 1.82) is 5.41 Å². The second kappa shape index (κ2) is 4.41. The van der Waals surface area contributed by atoms with Crippen molar-refractivity contribution in [2.75, 3.05) is 7.05 Å². The molecule has 0 saturated carbocycles. The third kappa shape index (κ3) is 1.89. The number of nitrogens with one attached hydrogen (secondary N) is 1. The summed E-state index contributed by atoms with van der Waals surface area (Å²) < 4.78 is -0.928. The third-order valence-corrected chi connectivity index (χ3v) is 2.78. The Balaban J connectivity index is 3.71. The average Bonchev–Trinajstić information content (AvgIpc) is 2.26. The minimum Gasteiger partial charge on any atom is -0.337 e. The fraction of sp³-hybridized carbons (Fsp3) is 0.200. The van der Waals surface area contributed by atoms with Crippen molar-refractivity contribution in [1.82, 2.24) is 4.48 Å². The maximum Gasteiger partial charge on any atom is 0.426 e. The number of nitrogens with two attached hydrogens (primary N) is 2. The summed E-state index contributed by atoms with van der Waals surface area (Å²) in [5.74, 6) is -0.583. The van der Waals surface area contributed by atoms with Crippen LogP contribution in [-0.2, 0) is 0 Å². The first kappa shape index (κ1) is 13.6. The van der Waals surface area contributed by atoms with Crippen LogP contribution in [0.25, 0.3) is 0 Å². The number of carbonyl (C=O) groups excluding carboxylic acids is 1. The van der Waals surface area contributed by atoms with E-state index in [-0.39, 0.29) is 11.4 Å². The number of carbonyl (C=O) groups is 1. The van der Waals surface area contributed by atoms with Crippen LogP contribution in [0.3, 0.4) is 0 Å². The number of nitrogens with zero attached hydrogens (tertiary/aromatic N) is 2. The smallest absolute Gasteiger partial charge is 0.337 e. The molecule has 0 bridgehead atoms. The van der Waals surface area contributed by atoms with Gasteiger partial charge in [-0.2, -0.15) is 0 Å². The van der Waals surface area contributed by atoms with Crippen molar-refractivity contribution in [3.8, 4) is 0 Å². The highest BCUT2D eigenvalue weighted by atomic mass is 16.6. The van der Waals surface area contributed by atoms with E-state index < -0.39 is 21.4 Å². The second-order valence-electron chi connectivity index (χ2n) is 3.93. The quantitative estimate of drug-likeness (QED) is 0.236. The van der Waals surface area contributed by atoms with E-state index in [1.165, 1.54) is 19.2 Å². The minimum absolute atomic E-state index is 0.00231. The van der Waals surface area contributed by atoms with Gasteiger partial charge in [-0.15, -0.1) is 4.48 Å². The van der Waals surface area contributed by atoms with Crippen molar-refractivity contribution in [2.45, 2.75) is 6.92 Å². The van der Waals surface area contributed by atoms with Crippen molar-refractivity contribution < 1.29 is 9.72 Å². The van der Waals surface area contributed by atoms with Crippen LogP contribution in [-0.4, -0.2) is 24.0 Å². The number of para-hydroxylation sites is 1. The van der Waals surface area contributed by atoms with E-state index in [0.717, 1.165) is 0 Å². The van der Waals surface area contributed by atoms with Crippen molar-refractivity contribution >= 4 is 23.4 Å². The number of nitro groups is 1. The van der Waals surface area contributed by atoms with Gasteiger partial charge >= 0.3 is 17.7 Å². The maximum absolute atomic E-state index is 11.5. The van der Waals surface area contributed by atoms with Crippen LogP contribution in [0.5, 0.6) is 0 Å². The van der Waals surface area contributed by atoms with Gasteiger partial charge in [-0.25, -0.2) is 10.2 Å². The summed E-state index contributed by atoms with van der Waals surface area (Å²) in [5, 5.41) is 18.5. The van der Waals surface area contributed by atoms with Crippen LogP contribution in [0.1, 0.15) is 5.56 Å². The lowest BCUT2D eigenvalue weighted by Crippen LogP contribution is -2.61. The fourth-order valence-electron chi connectivity index (χ4n) is 1.72. The molecule has 96 valence electrons. The molecular formula is C10H14N5O3+. The Morgan fingerprint density at radius 1 is 1.44 bits per heavy atom. The van der Waals surface area contributed by atoms with E-state index in [0.29, 0.717) is 5.56 Å². The number of quaternary nitrogens is 1. The summed E-state index contributed by atoms with van der Waals surface area (Å²) in [6.07, 6.45) is 0. The van der Waals surface area contributed by atoms with E-state index in [1.807, 2.05) is 0 Å². The van der Waals surface area contributed by atoms with E-state index in [1.54, 1.807) is 13.0 Å². The average molecular weight is 252 g/mol. The minimum atomic E-state index is -0.958. The molecule has 5 N–H and O–H groups in total. The molecule has 0 radical (unpaired) electrons. The molecule has 1 aromatic rings. The van der Waals surface area contributed by atoms with Gasteiger partial charge in [-0.1, -0.05) is 12.1 Å². The van der Waals surface area contributed by atoms with Crippen molar-refractivity contribution in [2.24, 2.45) is 11.5 Å². The van der Waals surface area contributed by atoms with Crippen molar-refractivity contribution in [3.63, 3.8) is 0 Å². The van der Waals surface area contributed by atoms with Gasteiger partial charge in [0.25, 0.3) is 0 Å². The molecular weight excluding hydrogens is 238 g/mol. The van der Waals surface area contributed by atoms with Gasteiger partial charge in [-0.05, 0) is 6.92 Å². The Morgan fingerprint density at radius 3 is 2.39 bits per heavy atom. The van der Waals surface area contributed by atoms with E-state index in [2.05, 4.69) is 0 Å². The lowest BCUT2D eigenvalue weighted by atomic mass is 10.1. The standard InChI is InChI=1S/C10H13N5O3/c1-6-4-3-5-7(14(17)18)8(6)15(2,9(11)12)10(13)16/h3-5H,1-2H3,(H4-,11,12,13,16)/p+1. The lowest BCUT2D eigenvalue weighted by molar-refractivity contribution is -0.384. The van der Waals surface area contributed by atoms with Gasteiger partial charge in [0.2, 0.25) is 5.69 Å². The van der Waals surface area contributed by atoms with Gasteiger partial charge in [0, 0.05) is 11.6 Å². The van der Waals surface area contributed by atoms with Crippen LogP contribution in [0.4, 0.5) is 16.2 Å². The normalized spacial score (nSPS) is 13.7. The number of primary amides is 1. The molecule has 1 rings (SSSR count). The van der Waals surface area contributed by atoms with E-state index >= 15 is 0 Å². The van der Waals surface area contributed by atoms with Crippen LogP contribution in [0.15, 0.2) is 18.2 Å². The molecule has 0 aliphatic carbocycles. The molecule has 1 aromatic carbocycles. The van der Waals surface area contributed by atoms with Crippen LogP contribution in [0, 0.1) is 22.4 Å². The Kier molecular flexibility index (Phi) is 3.33. The topological polar surface area (TPSA) is 136 Å². The van der Waals surface area contributed by atoms with Gasteiger partial charge < -0.3 is 11.5 Å². The van der Waals surface area contributed by atoms with E-state index in [9.17, 15) is 14.9 Å². The van der Waals surface area contributed by atoms with Crippen molar-refractivity contribution in [3.05, 3.63) is 33.9 Å². The number of guanidine groups is 1. The molecule has 0 aliphatic heterocycles. The third-order valence-electron chi connectivity index (χ3n) is 2.78. The number of hydrogen-bond acceptors (Lipinski definition) is 4. The molecule has 0 heterocycles. The molecule has 0 fully saturated rings. The number of nitro benzene ring substituents is 1. The lowest BCUT2D eigenvalue weighted by Gasteiger charge is -2.26. The van der Waals surface area contributed by atoms with Crippen LogP contribution < -0.4 is 16.0 Å². The summed E-state index contributed by atoms with van der Waals surface area (Å²) >= 11 is 0. The number of urea groups is 1. The Labute approximate surface area is 103 Å². The number of amides is 2. The van der Waals surface area contributed by atoms with Gasteiger partial charge in [0.05, 0.1) is 12.0 Å². The second-order valence-corrected chi connectivity index (χ2v) is 3.93. The Morgan fingerprint density at radius 2 is 2.00 bits per heavy atom. The molecule has 1 unspecified atom stereocenters. The zero-order valence-corrected chi connectivity index (χ0v) is 10.0. The number of hydrogen-bond donors (Lipinski definition) is 3. The highest BCUT2D eigenvalue weighted by molar-refractivity contribution is 6.08. The van der Waals surface area contributed by atoms with Crippen LogP contribution in [0.2, 0.25) is 0 Å². The molecule has 18 heavy (non-hydrogen) atoms. The highest BCUT2D eigenvalue weighted by Gasteiger charge is 2.43. The van der Waals surface area contributed by atoms with Gasteiger partial charge in [0.15, 0.2) is 0 Å². The summed E-state index contributed by atoms with van der Waals surface area (Å²) in [6.45, 7) is 1.59. The Hall–Kier alpha value is -2.48. The molecule has 0 aromatic heterocycles. The summed E-state index contributed by atoms with van der Waals surface area (Å²) in [5.41, 5.74) is 10.8. The summed E-state index contributed by atoms with van der Waals surface area (Å²) in [4.78, 5) is 21.9. The SMILES string of the molecule is Cc1cccc([N+](=O)[O-])c1[N+](C)(C(=N)N)C(N)=O. The van der Waals surface area contributed by atoms with Gasteiger partial charge in [-0.3, -0.25) is 10.1 Å². The number of aryl methyl sites for hydroxylation is 1. The molecule has 0 saturated heterocycles. The number of rotatable bonds is 2. The summed E-state index contributed by atoms with van der Waals surface area (Å²) in [6, 6.07) is 3.36. The molecule has 1 atom stereocenters. The molecule has 8 heteroatoms. The Bertz CT molecular complexity index is 526. The highest BCUT2D eigenvalue weighted by Crippen LogP contribution is 2.35. The van der Waals surface area contributed by atoms with Gasteiger partial charge in [0.1, 0.15) is 0 Å². The predicted octanol–water partition coefficient (Wildman–Crippen LogP) is 0.812. The molecule has 2 amide bonds. The largest absolute Gasteiger partial charge is 0.426 e.